The summed E-state index contributed by atoms with van der Waals surface area (Å²) in [5, 5.41) is 0.142. The molecule has 0 atom stereocenters. The topological polar surface area (TPSA) is 63.7 Å². The first-order valence-corrected chi connectivity index (χ1v) is 8.45. The van der Waals surface area contributed by atoms with Crippen LogP contribution in [0.2, 0.25) is 5.02 Å². The van der Waals surface area contributed by atoms with Gasteiger partial charge in [0, 0.05) is 11.9 Å². The van der Waals surface area contributed by atoms with Crippen LogP contribution in [0.1, 0.15) is 12.5 Å². The Kier molecular flexibility index (Phi) is 4.92. The smallest absolute Gasteiger partial charge is 0.308 e. The second kappa shape index (κ2) is 7.13. The number of esters is 1. The highest BCUT2D eigenvalue weighted by Gasteiger charge is 2.36. The molecular formula is C18H12ClNO4S. The number of thioether (sulfide) groups is 1. The molecule has 25 heavy (non-hydrogen) atoms. The van der Waals surface area contributed by atoms with Gasteiger partial charge < -0.3 is 4.74 Å². The Morgan fingerprint density at radius 2 is 1.88 bits per heavy atom. The molecule has 0 N–H and O–H groups in total. The Morgan fingerprint density at radius 1 is 1.16 bits per heavy atom. The minimum atomic E-state index is -0.430. The molecule has 0 saturated carbocycles. The van der Waals surface area contributed by atoms with Crippen LogP contribution in [0.4, 0.5) is 10.5 Å². The first kappa shape index (κ1) is 17.3. The van der Waals surface area contributed by atoms with E-state index in [1.807, 2.05) is 0 Å². The zero-order chi connectivity index (χ0) is 18.0. The van der Waals surface area contributed by atoms with Gasteiger partial charge in [-0.1, -0.05) is 23.7 Å². The molecule has 0 aliphatic carbocycles. The monoisotopic (exact) mass is 373 g/mol. The normalized spacial score (nSPS) is 15.8. The Morgan fingerprint density at radius 3 is 2.56 bits per heavy atom. The van der Waals surface area contributed by atoms with Crippen molar-refractivity contribution in [3.63, 3.8) is 0 Å². The van der Waals surface area contributed by atoms with Crippen LogP contribution in [0.5, 0.6) is 5.75 Å². The highest BCUT2D eigenvalue weighted by molar-refractivity contribution is 8.19. The maximum atomic E-state index is 12.6. The van der Waals surface area contributed by atoms with Crippen molar-refractivity contribution in [3.8, 4) is 5.75 Å². The number of carbonyl (C=O) groups excluding carboxylic acids is 3. The molecule has 0 radical (unpaired) electrons. The molecule has 1 aliphatic heterocycles. The van der Waals surface area contributed by atoms with Crippen molar-refractivity contribution in [1.82, 2.24) is 0 Å². The van der Waals surface area contributed by atoms with Gasteiger partial charge in [-0.05, 0) is 59.8 Å². The molecule has 3 rings (SSSR count). The highest BCUT2D eigenvalue weighted by atomic mass is 35.5. The second-order valence-electron chi connectivity index (χ2n) is 5.16. The van der Waals surface area contributed by atoms with E-state index in [4.69, 9.17) is 16.3 Å². The van der Waals surface area contributed by atoms with Crippen LogP contribution >= 0.6 is 23.4 Å². The lowest BCUT2D eigenvalue weighted by molar-refractivity contribution is -0.131. The van der Waals surface area contributed by atoms with Crippen LogP contribution in [-0.4, -0.2) is 17.1 Å². The zero-order valence-electron chi connectivity index (χ0n) is 13.1. The predicted octanol–water partition coefficient (Wildman–Crippen LogP) is 4.51. The molecule has 1 fully saturated rings. The summed E-state index contributed by atoms with van der Waals surface area (Å²) in [4.78, 5) is 37.2. The van der Waals surface area contributed by atoms with Crippen LogP contribution in [0.15, 0.2) is 53.4 Å². The van der Waals surface area contributed by atoms with Gasteiger partial charge in [-0.15, -0.1) is 0 Å². The fourth-order valence-corrected chi connectivity index (χ4v) is 3.23. The maximum Gasteiger partial charge on any atom is 0.308 e. The third kappa shape index (κ3) is 3.92. The molecule has 1 aliphatic rings. The molecule has 0 aromatic heterocycles. The Labute approximate surface area is 153 Å². The van der Waals surface area contributed by atoms with Crippen LogP contribution in [0, 0.1) is 0 Å². The number of halogens is 1. The molecule has 2 aromatic carbocycles. The quantitative estimate of drug-likeness (QED) is 0.450. The molecule has 2 aromatic rings. The molecule has 0 bridgehead atoms. The number of anilines is 1. The van der Waals surface area contributed by atoms with E-state index in [2.05, 4.69) is 0 Å². The van der Waals surface area contributed by atoms with Crippen molar-refractivity contribution in [2.45, 2.75) is 6.92 Å². The molecule has 1 saturated heterocycles. The van der Waals surface area contributed by atoms with Crippen LogP contribution in [0.25, 0.3) is 6.08 Å². The van der Waals surface area contributed by atoms with E-state index < -0.39 is 11.9 Å². The van der Waals surface area contributed by atoms with Crippen molar-refractivity contribution >= 4 is 52.2 Å². The second-order valence-corrected chi connectivity index (χ2v) is 6.59. The lowest BCUT2D eigenvalue weighted by Crippen LogP contribution is -2.27. The summed E-state index contributed by atoms with van der Waals surface area (Å²) in [5.74, 6) is -0.464. The highest BCUT2D eigenvalue weighted by Crippen LogP contribution is 2.36. The first-order chi connectivity index (χ1) is 11.9. The van der Waals surface area contributed by atoms with Gasteiger partial charge in [0.2, 0.25) is 0 Å². The SMILES string of the molecule is CC(=O)Oc1cccc(/C=C2/SC(=O)N(c3ccc(Cl)cc3)C2=O)c1. The van der Waals surface area contributed by atoms with E-state index in [1.54, 1.807) is 54.6 Å². The van der Waals surface area contributed by atoms with E-state index in [0.717, 1.165) is 16.7 Å². The number of imide groups is 1. The summed E-state index contributed by atoms with van der Waals surface area (Å²) >= 11 is 6.69. The Balaban J connectivity index is 1.88. The van der Waals surface area contributed by atoms with Crippen molar-refractivity contribution in [2.24, 2.45) is 0 Å². The van der Waals surface area contributed by atoms with Gasteiger partial charge in [0.25, 0.3) is 11.1 Å². The standard InChI is InChI=1S/C18H12ClNO4S/c1-11(21)24-15-4-2-3-12(9-15)10-16-17(22)20(18(23)25-16)14-7-5-13(19)6-8-14/h2-10H,1H3/b16-10+. The molecule has 1 heterocycles. The van der Waals surface area contributed by atoms with E-state index in [-0.39, 0.29) is 5.24 Å². The van der Waals surface area contributed by atoms with E-state index in [0.29, 0.717) is 26.9 Å². The third-order valence-electron chi connectivity index (χ3n) is 3.30. The van der Waals surface area contributed by atoms with Crippen molar-refractivity contribution in [1.29, 1.82) is 0 Å². The van der Waals surface area contributed by atoms with Crippen LogP contribution in [0.3, 0.4) is 0 Å². The lowest BCUT2D eigenvalue weighted by Gasteiger charge is -2.12. The van der Waals surface area contributed by atoms with Crippen molar-refractivity contribution in [3.05, 3.63) is 64.0 Å². The van der Waals surface area contributed by atoms with Crippen molar-refractivity contribution in [2.75, 3.05) is 4.90 Å². The summed E-state index contributed by atoms with van der Waals surface area (Å²) in [6.07, 6.45) is 1.59. The summed E-state index contributed by atoms with van der Waals surface area (Å²) in [6.45, 7) is 1.31. The van der Waals surface area contributed by atoms with E-state index >= 15 is 0 Å². The number of hydrogen-bond acceptors (Lipinski definition) is 5. The number of hydrogen-bond donors (Lipinski definition) is 0. The largest absolute Gasteiger partial charge is 0.427 e. The minimum absolute atomic E-state index is 0.292. The predicted molar refractivity (Wildman–Crippen MR) is 97.7 cm³/mol. The number of nitrogens with zero attached hydrogens (tertiary/aromatic N) is 1. The van der Waals surface area contributed by atoms with Gasteiger partial charge in [-0.2, -0.15) is 0 Å². The molecule has 0 spiro atoms. The van der Waals surface area contributed by atoms with Gasteiger partial charge in [0.1, 0.15) is 5.75 Å². The Hall–Kier alpha value is -2.57. The number of ether oxygens (including phenoxy) is 1. The fraction of sp³-hybridized carbons (Fsp3) is 0.0556. The Bertz CT molecular complexity index is 892. The van der Waals surface area contributed by atoms with Gasteiger partial charge in [0.05, 0.1) is 10.6 Å². The number of rotatable bonds is 3. The molecular weight excluding hydrogens is 362 g/mol. The van der Waals surface area contributed by atoms with E-state index in [9.17, 15) is 14.4 Å². The average molecular weight is 374 g/mol. The number of benzene rings is 2. The lowest BCUT2D eigenvalue weighted by atomic mass is 10.2. The number of carbonyl (C=O) groups is 3. The maximum absolute atomic E-state index is 12.6. The van der Waals surface area contributed by atoms with Gasteiger partial charge >= 0.3 is 5.97 Å². The molecule has 0 unspecified atom stereocenters. The summed E-state index contributed by atoms with van der Waals surface area (Å²) in [5.41, 5.74) is 1.12. The third-order valence-corrected chi connectivity index (χ3v) is 4.42. The van der Waals surface area contributed by atoms with Gasteiger partial charge in [-0.3, -0.25) is 14.4 Å². The molecule has 7 heteroatoms. The fourth-order valence-electron chi connectivity index (χ4n) is 2.27. The number of amides is 2. The van der Waals surface area contributed by atoms with Crippen LogP contribution in [-0.2, 0) is 9.59 Å². The summed E-state index contributed by atoms with van der Waals surface area (Å²) < 4.78 is 5.02. The zero-order valence-corrected chi connectivity index (χ0v) is 14.6. The van der Waals surface area contributed by atoms with Crippen molar-refractivity contribution < 1.29 is 19.1 Å². The summed E-state index contributed by atoms with van der Waals surface area (Å²) in [6, 6.07) is 13.2. The minimum Gasteiger partial charge on any atom is -0.427 e. The average Bonchev–Trinajstić information content (AvgIpc) is 2.82. The van der Waals surface area contributed by atoms with Gasteiger partial charge in [-0.25, -0.2) is 4.90 Å². The van der Waals surface area contributed by atoms with Gasteiger partial charge in [0.15, 0.2) is 0 Å². The molecule has 2 amide bonds. The molecule has 126 valence electrons. The van der Waals surface area contributed by atoms with Crippen LogP contribution < -0.4 is 9.64 Å². The molecule has 5 nitrogen and oxygen atoms in total. The first-order valence-electron chi connectivity index (χ1n) is 7.26. The van der Waals surface area contributed by atoms with E-state index in [1.165, 1.54) is 6.92 Å². The summed E-state index contributed by atoms with van der Waals surface area (Å²) in [7, 11) is 0.